The first-order valence-corrected chi connectivity index (χ1v) is 8.64. The van der Waals surface area contributed by atoms with Crippen molar-refractivity contribution in [1.82, 2.24) is 5.43 Å². The van der Waals surface area contributed by atoms with Gasteiger partial charge in [0.25, 0.3) is 5.91 Å². The summed E-state index contributed by atoms with van der Waals surface area (Å²) in [5, 5.41) is 4.47. The number of hydrogen-bond donors (Lipinski definition) is 1. The van der Waals surface area contributed by atoms with Gasteiger partial charge in [-0.15, -0.1) is 0 Å². The highest BCUT2D eigenvalue weighted by Crippen LogP contribution is 2.22. The van der Waals surface area contributed by atoms with Crippen molar-refractivity contribution in [3.05, 3.63) is 63.1 Å². The van der Waals surface area contributed by atoms with Crippen molar-refractivity contribution < 1.29 is 14.3 Å². The molecular weight excluding hydrogens is 408 g/mol. The summed E-state index contributed by atoms with van der Waals surface area (Å²) in [6.07, 6.45) is 1.42. The van der Waals surface area contributed by atoms with Gasteiger partial charge in [-0.2, -0.15) is 5.10 Å². The van der Waals surface area contributed by atoms with Gasteiger partial charge in [0.15, 0.2) is 0 Å². The van der Waals surface area contributed by atoms with E-state index in [4.69, 9.17) is 16.3 Å². The molecular formula is C18H16BrClN2O3. The van der Waals surface area contributed by atoms with Gasteiger partial charge < -0.3 is 4.74 Å². The quantitative estimate of drug-likeness (QED) is 0.335. The molecule has 1 N–H and O–H groups in total. The van der Waals surface area contributed by atoms with Gasteiger partial charge in [0.2, 0.25) is 0 Å². The van der Waals surface area contributed by atoms with Gasteiger partial charge in [0.1, 0.15) is 5.75 Å². The average molecular weight is 424 g/mol. The Bertz CT molecular complexity index is 804. The molecule has 0 heterocycles. The molecule has 0 aliphatic heterocycles. The smallest absolute Gasteiger partial charge is 0.313 e. The molecule has 0 saturated carbocycles. The minimum absolute atomic E-state index is 0.252. The molecule has 0 spiro atoms. The molecule has 7 heteroatoms. The third kappa shape index (κ3) is 5.69. The summed E-state index contributed by atoms with van der Waals surface area (Å²) in [6.45, 7) is 3.50. The van der Waals surface area contributed by atoms with Crippen molar-refractivity contribution in [2.24, 2.45) is 11.0 Å². The third-order valence-corrected chi connectivity index (χ3v) is 3.88. The highest BCUT2D eigenvalue weighted by atomic mass is 79.9. The van der Waals surface area contributed by atoms with Crippen molar-refractivity contribution in [3.63, 3.8) is 0 Å². The van der Waals surface area contributed by atoms with Crippen LogP contribution in [0.25, 0.3) is 0 Å². The molecule has 1 amide bonds. The molecule has 2 aromatic carbocycles. The molecule has 0 bridgehead atoms. The minimum atomic E-state index is -0.372. The van der Waals surface area contributed by atoms with Crippen LogP contribution in [0.1, 0.15) is 29.8 Å². The van der Waals surface area contributed by atoms with E-state index in [1.807, 2.05) is 0 Å². The molecule has 0 unspecified atom stereocenters. The van der Waals surface area contributed by atoms with Gasteiger partial charge in [0, 0.05) is 20.6 Å². The monoisotopic (exact) mass is 422 g/mol. The fourth-order valence-electron chi connectivity index (χ4n) is 1.77. The molecule has 5 nitrogen and oxygen atoms in total. The second kappa shape index (κ2) is 8.78. The summed E-state index contributed by atoms with van der Waals surface area (Å²) < 4.78 is 6.13. The highest BCUT2D eigenvalue weighted by molar-refractivity contribution is 9.10. The normalized spacial score (nSPS) is 10.9. The van der Waals surface area contributed by atoms with Gasteiger partial charge in [-0.1, -0.05) is 41.4 Å². The zero-order chi connectivity index (χ0) is 18.4. The molecule has 2 rings (SSSR count). The summed E-state index contributed by atoms with van der Waals surface area (Å²) in [7, 11) is 0. The zero-order valence-electron chi connectivity index (χ0n) is 13.6. The topological polar surface area (TPSA) is 67.8 Å². The molecule has 130 valence electrons. The average Bonchev–Trinajstić information content (AvgIpc) is 2.57. The number of carbonyl (C=O) groups is 2. The standard InChI is InChI=1S/C18H16BrClN2O3/c1-11(2)18(24)25-16-8-5-14(19)9-13(16)10-21-22-17(23)12-3-6-15(20)7-4-12/h3-11H,1-2H3,(H,22,23). The maximum Gasteiger partial charge on any atom is 0.313 e. The summed E-state index contributed by atoms with van der Waals surface area (Å²) in [5.74, 6) is -0.602. The van der Waals surface area contributed by atoms with E-state index in [0.29, 0.717) is 21.9 Å². The number of carbonyl (C=O) groups excluding carboxylic acids is 2. The Morgan fingerprint density at radius 1 is 1.20 bits per heavy atom. The van der Waals surface area contributed by atoms with Crippen LogP contribution in [0.2, 0.25) is 5.02 Å². The molecule has 2 aromatic rings. The Balaban J connectivity index is 2.11. The Morgan fingerprint density at radius 2 is 1.88 bits per heavy atom. The number of esters is 1. The second-order valence-electron chi connectivity index (χ2n) is 5.46. The fraction of sp³-hybridized carbons (Fsp3) is 0.167. The lowest BCUT2D eigenvalue weighted by Crippen LogP contribution is -2.18. The summed E-state index contributed by atoms with van der Waals surface area (Å²) in [4.78, 5) is 23.8. The van der Waals surface area contributed by atoms with Crippen LogP contribution in [-0.2, 0) is 4.79 Å². The van der Waals surface area contributed by atoms with E-state index >= 15 is 0 Å². The van der Waals surface area contributed by atoms with Gasteiger partial charge in [-0.05, 0) is 42.5 Å². The van der Waals surface area contributed by atoms with Crippen molar-refractivity contribution in [1.29, 1.82) is 0 Å². The lowest BCUT2D eigenvalue weighted by Gasteiger charge is -2.09. The number of amides is 1. The van der Waals surface area contributed by atoms with Gasteiger partial charge in [-0.25, -0.2) is 5.43 Å². The van der Waals surface area contributed by atoms with Crippen LogP contribution in [0.15, 0.2) is 52.0 Å². The molecule has 0 aliphatic rings. The van der Waals surface area contributed by atoms with Crippen LogP contribution in [0.5, 0.6) is 5.75 Å². The van der Waals surface area contributed by atoms with Crippen LogP contribution < -0.4 is 10.2 Å². The van der Waals surface area contributed by atoms with Gasteiger partial charge in [0.05, 0.1) is 12.1 Å². The van der Waals surface area contributed by atoms with Crippen molar-refractivity contribution in [2.45, 2.75) is 13.8 Å². The van der Waals surface area contributed by atoms with E-state index in [-0.39, 0.29) is 17.8 Å². The summed E-state index contributed by atoms with van der Waals surface area (Å²) in [5.41, 5.74) is 3.41. The van der Waals surface area contributed by atoms with E-state index in [9.17, 15) is 9.59 Å². The SMILES string of the molecule is CC(C)C(=O)Oc1ccc(Br)cc1C=NNC(=O)c1ccc(Cl)cc1. The molecule has 0 fully saturated rings. The Labute approximate surface area is 159 Å². The van der Waals surface area contributed by atoms with Gasteiger partial charge in [-0.3, -0.25) is 9.59 Å². The number of hydrogen-bond acceptors (Lipinski definition) is 4. The van der Waals surface area contributed by atoms with E-state index in [2.05, 4.69) is 26.5 Å². The highest BCUT2D eigenvalue weighted by Gasteiger charge is 2.12. The van der Waals surface area contributed by atoms with E-state index < -0.39 is 0 Å². The molecule has 0 atom stereocenters. The number of rotatable bonds is 5. The predicted octanol–water partition coefficient (Wildman–Crippen LogP) is 4.43. The van der Waals surface area contributed by atoms with Crippen molar-refractivity contribution in [3.8, 4) is 5.75 Å². The Morgan fingerprint density at radius 3 is 2.52 bits per heavy atom. The predicted molar refractivity (Wildman–Crippen MR) is 101 cm³/mol. The third-order valence-electron chi connectivity index (χ3n) is 3.13. The van der Waals surface area contributed by atoms with Crippen molar-refractivity contribution >= 4 is 45.6 Å². The fourth-order valence-corrected chi connectivity index (χ4v) is 2.27. The zero-order valence-corrected chi connectivity index (χ0v) is 16.0. The van der Waals surface area contributed by atoms with Crippen LogP contribution in [0.3, 0.4) is 0 Å². The maximum absolute atomic E-state index is 12.0. The minimum Gasteiger partial charge on any atom is -0.426 e. The molecule has 0 radical (unpaired) electrons. The number of nitrogens with one attached hydrogen (secondary N) is 1. The lowest BCUT2D eigenvalue weighted by atomic mass is 10.2. The first kappa shape index (κ1) is 19.1. The lowest BCUT2D eigenvalue weighted by molar-refractivity contribution is -0.137. The van der Waals surface area contributed by atoms with E-state index in [1.165, 1.54) is 6.21 Å². The van der Waals surface area contributed by atoms with E-state index in [1.54, 1.807) is 56.3 Å². The number of nitrogens with zero attached hydrogens (tertiary/aromatic N) is 1. The van der Waals surface area contributed by atoms with E-state index in [0.717, 1.165) is 4.47 Å². The molecule has 25 heavy (non-hydrogen) atoms. The molecule has 0 saturated heterocycles. The Hall–Kier alpha value is -2.18. The molecule has 0 aliphatic carbocycles. The van der Waals surface area contributed by atoms with Crippen LogP contribution >= 0.6 is 27.5 Å². The number of benzene rings is 2. The van der Waals surface area contributed by atoms with Crippen LogP contribution in [0, 0.1) is 5.92 Å². The van der Waals surface area contributed by atoms with Crippen LogP contribution in [0.4, 0.5) is 0 Å². The first-order valence-electron chi connectivity index (χ1n) is 7.47. The number of halogens is 2. The Kier molecular flexibility index (Phi) is 6.73. The largest absolute Gasteiger partial charge is 0.426 e. The maximum atomic E-state index is 12.0. The second-order valence-corrected chi connectivity index (χ2v) is 6.82. The molecule has 0 aromatic heterocycles. The summed E-state index contributed by atoms with van der Waals surface area (Å²) >= 11 is 9.14. The van der Waals surface area contributed by atoms with Crippen molar-refractivity contribution in [2.75, 3.05) is 0 Å². The number of ether oxygens (including phenoxy) is 1. The van der Waals surface area contributed by atoms with Crippen LogP contribution in [-0.4, -0.2) is 18.1 Å². The van der Waals surface area contributed by atoms with Gasteiger partial charge >= 0.3 is 5.97 Å². The first-order chi connectivity index (χ1) is 11.9. The summed E-state index contributed by atoms with van der Waals surface area (Å²) in [6, 6.07) is 11.6. The number of hydrazone groups is 1.